The number of aliphatic hydroxyl groups excluding tert-OH is 12. The molecule has 3 aliphatic heterocycles. The highest BCUT2D eigenvalue weighted by atomic mass is 16.8. The number of esters is 2. The van der Waals surface area contributed by atoms with Crippen molar-refractivity contribution in [2.24, 2.45) is 50.2 Å². The zero-order valence-corrected chi connectivity index (χ0v) is 48.5. The first-order chi connectivity index (χ1) is 38.4. The molecular weight excluding hydrogens is 1080 g/mol. The van der Waals surface area contributed by atoms with E-state index in [1.165, 1.54) is 0 Å². The Bertz CT molecular complexity index is 2430. The first-order valence-electron chi connectivity index (χ1n) is 28.8. The normalized spacial score (nSPS) is 49.5. The molecule has 3 heterocycles. The van der Waals surface area contributed by atoms with Crippen molar-refractivity contribution >= 4 is 17.9 Å². The second-order valence-corrected chi connectivity index (χ2v) is 26.3. The molecule has 27 atom stereocenters. The van der Waals surface area contributed by atoms with E-state index < -0.39 is 199 Å². The van der Waals surface area contributed by atoms with Crippen LogP contribution in [0.15, 0.2) is 34.9 Å². The highest BCUT2D eigenvalue weighted by Crippen LogP contribution is 2.76. The van der Waals surface area contributed by atoms with Crippen LogP contribution in [0.3, 0.4) is 0 Å². The second-order valence-electron chi connectivity index (χ2n) is 26.3. The Morgan fingerprint density at radius 2 is 1.16 bits per heavy atom. The topological polar surface area (TPSA) is 388 Å². The van der Waals surface area contributed by atoms with Crippen LogP contribution in [0.4, 0.5) is 0 Å². The fraction of sp³-hybridized carbons (Fsp3) is 0.845. The maximum Gasteiger partial charge on any atom is 0.335 e. The summed E-state index contributed by atoms with van der Waals surface area (Å²) in [5, 5.41) is 144. The van der Waals surface area contributed by atoms with Crippen LogP contribution < -0.4 is 0 Å². The second kappa shape index (κ2) is 23.9. The lowest BCUT2D eigenvalue weighted by molar-refractivity contribution is -0.392. The molecule has 0 aromatic carbocycles. The van der Waals surface area contributed by atoms with Crippen LogP contribution in [0.1, 0.15) is 114 Å². The number of hydrogen-bond acceptors (Lipinski definition) is 23. The van der Waals surface area contributed by atoms with Gasteiger partial charge in [-0.25, -0.2) is 14.4 Å². The van der Waals surface area contributed by atoms with Crippen molar-refractivity contribution in [2.75, 3.05) is 26.4 Å². The Morgan fingerprint density at radius 3 is 1.66 bits per heavy atom. The van der Waals surface area contributed by atoms with Gasteiger partial charge in [-0.05, 0) is 107 Å². The molecule has 0 bridgehead atoms. The zero-order valence-electron chi connectivity index (χ0n) is 48.5. The van der Waals surface area contributed by atoms with Gasteiger partial charge in [0.25, 0.3) is 0 Å². The number of carbonyl (C=O) groups excluding carboxylic acids is 2. The molecule has 0 aromatic heterocycles. The van der Waals surface area contributed by atoms with Crippen molar-refractivity contribution in [3.05, 3.63) is 34.9 Å². The van der Waals surface area contributed by atoms with E-state index in [4.69, 9.17) is 37.9 Å². The molecule has 13 N–H and O–H groups in total. The molecule has 7 fully saturated rings. The van der Waals surface area contributed by atoms with Crippen molar-refractivity contribution in [1.29, 1.82) is 0 Å². The van der Waals surface area contributed by atoms with Gasteiger partial charge >= 0.3 is 17.9 Å². The van der Waals surface area contributed by atoms with E-state index in [1.807, 2.05) is 20.8 Å². The summed E-state index contributed by atoms with van der Waals surface area (Å²) in [6.45, 7) is 16.2. The van der Waals surface area contributed by atoms with Crippen molar-refractivity contribution in [1.82, 2.24) is 0 Å². The number of fused-ring (bicyclic) bond motifs is 7. The van der Waals surface area contributed by atoms with Gasteiger partial charge in [-0.3, -0.25) is 0 Å². The molecule has 0 radical (unpaired) electrons. The summed E-state index contributed by atoms with van der Waals surface area (Å²) in [5.41, 5.74) is -3.63. The monoisotopic (exact) mass is 1170 g/mol. The Hall–Kier alpha value is -3.09. The number of hydrogen-bond donors (Lipinski definition) is 13. The van der Waals surface area contributed by atoms with Gasteiger partial charge in [-0.15, -0.1) is 0 Å². The van der Waals surface area contributed by atoms with Gasteiger partial charge in [0.05, 0.1) is 44.1 Å². The summed E-state index contributed by atoms with van der Waals surface area (Å²) < 4.78 is 48.6. The third-order valence-corrected chi connectivity index (χ3v) is 21.7. The summed E-state index contributed by atoms with van der Waals surface area (Å²) in [6, 6.07) is 0. The van der Waals surface area contributed by atoms with E-state index >= 15 is 0 Å². The smallest absolute Gasteiger partial charge is 0.335 e. The fourth-order valence-electron chi connectivity index (χ4n) is 16.4. The summed E-state index contributed by atoms with van der Waals surface area (Å²) in [7, 11) is 0. The third kappa shape index (κ3) is 10.4. The molecule has 5 aliphatic carbocycles. The predicted octanol–water partition coefficient (Wildman–Crippen LogP) is -0.375. The largest absolute Gasteiger partial charge is 0.479 e. The maximum absolute atomic E-state index is 13.8. The molecule has 24 nitrogen and oxygen atoms in total. The molecule has 4 saturated carbocycles. The molecule has 8 aliphatic rings. The average Bonchev–Trinajstić information content (AvgIpc) is 1.78. The van der Waals surface area contributed by atoms with Crippen LogP contribution in [0.25, 0.3) is 0 Å². The standard InChI is InChI=1S/C58H90O24/c1-11-25(3)48(73)81-45-46(82-49(74)26(4)12-2)58(24-62)28(19-53(45,5)6)27-13-14-32-54(7)17-16-34(55(8,23-61)31(54)15-18-56(32,9)57(27,10)20-33(58)63)77-52-43(79-51-40(69)38(67)36(65)30(22-60)76-51)41(70)42(44(80-52)47(71)72)78-50-39(68)37(66)35(64)29(21-59)75-50/h11-13,28-46,50-52,59-70H,14-24H2,1-10H3,(H,71,72)/b25-11+,26-12-/t28-,29+,30+,31+,32+,33+,34-,35+,36+,37-,38-,39+,40+,41-,42-,43+,44-,45-,46-,50-,51-,52+,54-,55+,56+,57+,58-/m0/s1. The van der Waals surface area contributed by atoms with E-state index in [2.05, 4.69) is 26.8 Å². The number of aliphatic hydroxyl groups is 12. The predicted molar refractivity (Wildman–Crippen MR) is 283 cm³/mol. The highest BCUT2D eigenvalue weighted by Gasteiger charge is 2.74. The number of aliphatic carboxylic acids is 1. The van der Waals surface area contributed by atoms with Crippen LogP contribution >= 0.6 is 0 Å². The van der Waals surface area contributed by atoms with E-state index in [0.717, 1.165) is 5.57 Å². The Labute approximate surface area is 477 Å². The fourth-order valence-corrected chi connectivity index (χ4v) is 16.4. The molecular formula is C58H90O24. The van der Waals surface area contributed by atoms with Gasteiger partial charge in [0.15, 0.2) is 31.1 Å². The molecule has 8 rings (SSSR count). The Balaban J connectivity index is 1.12. The van der Waals surface area contributed by atoms with Gasteiger partial charge in [0.1, 0.15) is 73.2 Å². The lowest BCUT2D eigenvalue weighted by Crippen LogP contribution is -2.72. The summed E-state index contributed by atoms with van der Waals surface area (Å²) in [6.07, 6.45) is -25.1. The minimum absolute atomic E-state index is 0.0973. The van der Waals surface area contributed by atoms with Gasteiger partial charge < -0.3 is 104 Å². The SMILES string of the molecule is C/C=C(/C)C(=O)O[C@H]1[C@H](OC(=O)/C(C)=C/C)C(C)(C)C[C@H]2C3=CC[C@@H]4[C@@]5(C)CC[C@H](O[C@@H]6O[C@H](C(=O)O)[C@@H](O[C@@H]7O[C@H](CO)[C@@H](O)[C@H](O)[C@H]7O)[C@H](O)[C@H]6O[C@@H]6O[C@H](CO)[C@@H](O)[C@H](O)[C@H]6O)[C@](C)(CO)[C@@H]5CC[C@@]4(C)[C@]3(C)C[C@@H](O)[C@]21CO. The van der Waals surface area contributed by atoms with Crippen LogP contribution in [0, 0.1) is 50.2 Å². The number of carboxylic acid groups (broad SMARTS) is 1. The number of ether oxygens (including phenoxy) is 8. The summed E-state index contributed by atoms with van der Waals surface area (Å²) in [5.74, 6) is -3.95. The van der Waals surface area contributed by atoms with Crippen molar-refractivity contribution in [3.8, 4) is 0 Å². The Kier molecular flexibility index (Phi) is 18.9. The number of carbonyl (C=O) groups is 3. The van der Waals surface area contributed by atoms with Gasteiger partial charge in [0.2, 0.25) is 0 Å². The van der Waals surface area contributed by atoms with Crippen LogP contribution in [-0.2, 0) is 52.3 Å². The van der Waals surface area contributed by atoms with E-state index in [1.54, 1.807) is 39.8 Å². The van der Waals surface area contributed by atoms with Gasteiger partial charge in [0, 0.05) is 22.0 Å². The highest BCUT2D eigenvalue weighted by molar-refractivity contribution is 5.89. The molecule has 0 amide bonds. The first kappa shape index (κ1) is 64.9. The van der Waals surface area contributed by atoms with Crippen LogP contribution in [0.5, 0.6) is 0 Å². The van der Waals surface area contributed by atoms with Gasteiger partial charge in [-0.1, -0.05) is 65.3 Å². The third-order valence-electron chi connectivity index (χ3n) is 21.7. The molecule has 82 heavy (non-hydrogen) atoms. The lowest BCUT2D eigenvalue weighted by Gasteiger charge is -2.72. The van der Waals surface area contributed by atoms with Crippen molar-refractivity contribution in [3.63, 3.8) is 0 Å². The zero-order chi connectivity index (χ0) is 60.7. The maximum atomic E-state index is 13.8. The minimum Gasteiger partial charge on any atom is -0.479 e. The number of carboxylic acids is 1. The summed E-state index contributed by atoms with van der Waals surface area (Å²) >= 11 is 0. The van der Waals surface area contributed by atoms with Crippen LogP contribution in [0.2, 0.25) is 0 Å². The molecule has 24 heteroatoms. The molecule has 0 aromatic rings. The Morgan fingerprint density at radius 1 is 0.622 bits per heavy atom. The molecule has 3 saturated heterocycles. The first-order valence-corrected chi connectivity index (χ1v) is 28.8. The average molecular weight is 1170 g/mol. The van der Waals surface area contributed by atoms with Crippen molar-refractivity contribution in [2.45, 2.75) is 231 Å². The van der Waals surface area contributed by atoms with Crippen LogP contribution in [-0.4, -0.2) is 227 Å². The molecule has 0 unspecified atom stereocenters. The minimum atomic E-state index is -2.18. The lowest BCUT2D eigenvalue weighted by atomic mass is 9.33. The molecule has 466 valence electrons. The summed E-state index contributed by atoms with van der Waals surface area (Å²) in [4.78, 5) is 40.6. The van der Waals surface area contributed by atoms with E-state index in [0.29, 0.717) is 43.3 Å². The number of rotatable bonds is 15. The van der Waals surface area contributed by atoms with E-state index in [9.17, 15) is 80.8 Å². The van der Waals surface area contributed by atoms with Crippen molar-refractivity contribution < 1.29 is 119 Å². The number of allylic oxidation sites excluding steroid dienone is 4. The van der Waals surface area contributed by atoms with Gasteiger partial charge in [-0.2, -0.15) is 0 Å². The van der Waals surface area contributed by atoms with E-state index in [-0.39, 0.29) is 24.7 Å². The molecule has 0 spiro atoms. The quantitative estimate of drug-likeness (QED) is 0.0430.